The molecule has 1 saturated heterocycles. The number of thioether (sulfide) groups is 1. The van der Waals surface area contributed by atoms with Gasteiger partial charge in [0.2, 0.25) is 0 Å². The molecule has 0 saturated carbocycles. The normalized spacial score (nSPS) is 18.1. The summed E-state index contributed by atoms with van der Waals surface area (Å²) in [6, 6.07) is 8.54. The predicted molar refractivity (Wildman–Crippen MR) is 97.3 cm³/mol. The molecule has 1 N–H and O–H groups in total. The minimum absolute atomic E-state index is 0.196. The Morgan fingerprint density at radius 3 is 2.83 bits per heavy atom. The molecule has 0 radical (unpaired) electrons. The molecule has 23 heavy (non-hydrogen) atoms. The fourth-order valence-corrected chi connectivity index (χ4v) is 3.51. The van der Waals surface area contributed by atoms with Gasteiger partial charge in [0.05, 0.1) is 6.04 Å². The van der Waals surface area contributed by atoms with Crippen molar-refractivity contribution in [1.82, 2.24) is 4.90 Å². The van der Waals surface area contributed by atoms with Gasteiger partial charge in [-0.15, -0.1) is 11.8 Å². The summed E-state index contributed by atoms with van der Waals surface area (Å²) in [6.07, 6.45) is 1.87. The quantitative estimate of drug-likeness (QED) is 0.797. The van der Waals surface area contributed by atoms with Crippen molar-refractivity contribution in [3.8, 4) is 0 Å². The number of nitrogens with zero attached hydrogens (tertiary/aromatic N) is 1. The molecule has 1 amide bonds. The summed E-state index contributed by atoms with van der Waals surface area (Å²) in [6.45, 7) is 9.43. The molecule has 1 aromatic carbocycles. The van der Waals surface area contributed by atoms with Crippen LogP contribution in [0.25, 0.3) is 0 Å². The monoisotopic (exact) mass is 336 g/mol. The number of benzene rings is 1. The van der Waals surface area contributed by atoms with E-state index in [1.54, 1.807) is 0 Å². The molecule has 1 aliphatic heterocycles. The van der Waals surface area contributed by atoms with Crippen molar-refractivity contribution in [1.29, 1.82) is 0 Å². The molecule has 128 valence electrons. The van der Waals surface area contributed by atoms with Crippen molar-refractivity contribution >= 4 is 23.5 Å². The maximum Gasteiger partial charge on any atom is 0.410 e. The zero-order valence-electron chi connectivity index (χ0n) is 14.6. The maximum atomic E-state index is 12.3. The zero-order chi connectivity index (χ0) is 16.9. The van der Waals surface area contributed by atoms with E-state index in [1.807, 2.05) is 43.5 Å². The molecule has 1 heterocycles. The van der Waals surface area contributed by atoms with Gasteiger partial charge in [-0.05, 0) is 51.5 Å². The molecule has 1 atom stereocenters. The fraction of sp³-hybridized carbons (Fsp3) is 0.611. The number of ether oxygens (including phenoxy) is 1. The van der Waals surface area contributed by atoms with E-state index in [0.717, 1.165) is 37.4 Å². The molecule has 5 heteroatoms. The van der Waals surface area contributed by atoms with Gasteiger partial charge in [0, 0.05) is 23.7 Å². The first-order valence-electron chi connectivity index (χ1n) is 8.36. The number of para-hydroxylation sites is 1. The van der Waals surface area contributed by atoms with E-state index in [0.29, 0.717) is 0 Å². The Morgan fingerprint density at radius 1 is 1.39 bits per heavy atom. The highest BCUT2D eigenvalue weighted by molar-refractivity contribution is 7.99. The summed E-state index contributed by atoms with van der Waals surface area (Å²) in [7, 11) is 0. The van der Waals surface area contributed by atoms with Crippen LogP contribution in [0.1, 0.15) is 40.5 Å². The number of carbonyl (C=O) groups is 1. The Morgan fingerprint density at radius 2 is 2.13 bits per heavy atom. The largest absolute Gasteiger partial charge is 0.444 e. The highest BCUT2D eigenvalue weighted by Crippen LogP contribution is 2.28. The third-order valence-electron chi connectivity index (χ3n) is 3.72. The van der Waals surface area contributed by atoms with Crippen LogP contribution in [0.2, 0.25) is 0 Å². The summed E-state index contributed by atoms with van der Waals surface area (Å²) in [5, 5.41) is 3.52. The first-order valence-corrected chi connectivity index (χ1v) is 9.34. The highest BCUT2D eigenvalue weighted by Gasteiger charge is 2.31. The molecule has 1 fully saturated rings. The van der Waals surface area contributed by atoms with Crippen molar-refractivity contribution in [2.75, 3.05) is 24.2 Å². The van der Waals surface area contributed by atoms with Gasteiger partial charge < -0.3 is 15.0 Å². The van der Waals surface area contributed by atoms with E-state index in [1.165, 1.54) is 4.90 Å². The van der Waals surface area contributed by atoms with E-state index in [-0.39, 0.29) is 12.1 Å². The lowest BCUT2D eigenvalue weighted by atomic mass is 10.2. The molecule has 1 aliphatic rings. The molecular weight excluding hydrogens is 308 g/mol. The second-order valence-electron chi connectivity index (χ2n) is 6.78. The lowest BCUT2D eigenvalue weighted by Crippen LogP contribution is -2.42. The molecule has 0 spiro atoms. The van der Waals surface area contributed by atoms with Crippen LogP contribution in [0.15, 0.2) is 29.2 Å². The molecule has 0 bridgehead atoms. The smallest absolute Gasteiger partial charge is 0.410 e. The van der Waals surface area contributed by atoms with E-state index >= 15 is 0 Å². The molecule has 0 aromatic heterocycles. The number of likely N-dealkylation sites (tertiary alicyclic amines) is 1. The number of rotatable bonds is 5. The van der Waals surface area contributed by atoms with Crippen LogP contribution < -0.4 is 5.32 Å². The van der Waals surface area contributed by atoms with Gasteiger partial charge in [0.15, 0.2) is 0 Å². The summed E-state index contributed by atoms with van der Waals surface area (Å²) in [4.78, 5) is 15.5. The van der Waals surface area contributed by atoms with Crippen LogP contribution in [-0.4, -0.2) is 41.5 Å². The molecule has 0 aliphatic carbocycles. The van der Waals surface area contributed by atoms with Crippen molar-refractivity contribution in [3.05, 3.63) is 24.3 Å². The van der Waals surface area contributed by atoms with Crippen molar-refractivity contribution < 1.29 is 9.53 Å². The second-order valence-corrected chi connectivity index (χ2v) is 8.09. The first kappa shape index (κ1) is 18.0. The van der Waals surface area contributed by atoms with Gasteiger partial charge in [0.1, 0.15) is 5.60 Å². The van der Waals surface area contributed by atoms with Crippen molar-refractivity contribution in [3.63, 3.8) is 0 Å². The highest BCUT2D eigenvalue weighted by atomic mass is 32.2. The van der Waals surface area contributed by atoms with Gasteiger partial charge in [-0.1, -0.05) is 19.1 Å². The van der Waals surface area contributed by atoms with Crippen molar-refractivity contribution in [2.45, 2.75) is 57.1 Å². The molecule has 1 unspecified atom stereocenters. The van der Waals surface area contributed by atoms with E-state index < -0.39 is 5.60 Å². The third-order valence-corrected chi connectivity index (χ3v) is 4.68. The minimum atomic E-state index is -0.442. The van der Waals surface area contributed by atoms with Crippen LogP contribution in [0, 0.1) is 0 Å². The van der Waals surface area contributed by atoms with E-state index in [2.05, 4.69) is 30.4 Å². The average Bonchev–Trinajstić information content (AvgIpc) is 2.93. The number of carbonyl (C=O) groups excluding carboxylic acids is 1. The van der Waals surface area contributed by atoms with Gasteiger partial charge in [-0.25, -0.2) is 4.79 Å². The van der Waals surface area contributed by atoms with Gasteiger partial charge in [0.25, 0.3) is 0 Å². The van der Waals surface area contributed by atoms with Crippen LogP contribution >= 0.6 is 11.8 Å². The summed E-state index contributed by atoms with van der Waals surface area (Å²) in [5.74, 6) is 1.05. The molecular formula is C18H28N2O2S. The summed E-state index contributed by atoms with van der Waals surface area (Å²) in [5.41, 5.74) is 0.706. The minimum Gasteiger partial charge on any atom is -0.444 e. The lowest BCUT2D eigenvalue weighted by Gasteiger charge is -2.29. The van der Waals surface area contributed by atoms with Crippen LogP contribution in [0.3, 0.4) is 0 Å². The number of amides is 1. The first-order chi connectivity index (χ1) is 10.9. The van der Waals surface area contributed by atoms with E-state index in [9.17, 15) is 4.79 Å². The van der Waals surface area contributed by atoms with E-state index in [4.69, 9.17) is 4.74 Å². The predicted octanol–water partition coefficient (Wildman–Crippen LogP) is 4.61. The molecule has 4 nitrogen and oxygen atoms in total. The van der Waals surface area contributed by atoms with Crippen LogP contribution in [-0.2, 0) is 4.74 Å². The maximum absolute atomic E-state index is 12.3. The topological polar surface area (TPSA) is 41.6 Å². The molecule has 2 rings (SSSR count). The average molecular weight is 337 g/mol. The SMILES string of the molecule is CCSc1ccccc1NCC1CCCN1C(=O)OC(C)(C)C. The van der Waals surface area contributed by atoms with Gasteiger partial charge in [-0.2, -0.15) is 0 Å². The standard InChI is InChI=1S/C18H28N2O2S/c1-5-23-16-11-7-6-10-15(16)19-13-14-9-8-12-20(14)17(21)22-18(2,3)4/h6-7,10-11,14,19H,5,8-9,12-13H2,1-4H3. The number of anilines is 1. The zero-order valence-corrected chi connectivity index (χ0v) is 15.4. The Bertz CT molecular complexity index is 528. The summed E-state index contributed by atoms with van der Waals surface area (Å²) >= 11 is 1.83. The number of hydrogen-bond acceptors (Lipinski definition) is 4. The van der Waals surface area contributed by atoms with Gasteiger partial charge in [-0.3, -0.25) is 0 Å². The lowest BCUT2D eigenvalue weighted by molar-refractivity contribution is 0.0235. The Hall–Kier alpha value is -1.36. The Kier molecular flexibility index (Phi) is 6.22. The summed E-state index contributed by atoms with van der Waals surface area (Å²) < 4.78 is 5.52. The second kappa shape index (κ2) is 7.95. The van der Waals surface area contributed by atoms with Crippen molar-refractivity contribution in [2.24, 2.45) is 0 Å². The fourth-order valence-electron chi connectivity index (χ4n) is 2.73. The molecule has 1 aromatic rings. The van der Waals surface area contributed by atoms with Crippen LogP contribution in [0.4, 0.5) is 10.5 Å². The number of nitrogens with one attached hydrogen (secondary N) is 1. The van der Waals surface area contributed by atoms with Gasteiger partial charge >= 0.3 is 6.09 Å². The Balaban J connectivity index is 1.96. The number of hydrogen-bond donors (Lipinski definition) is 1. The third kappa shape index (κ3) is 5.34. The Labute approximate surface area is 144 Å². The van der Waals surface area contributed by atoms with Crippen LogP contribution in [0.5, 0.6) is 0 Å².